The number of esters is 1. The summed E-state index contributed by atoms with van der Waals surface area (Å²) in [5.41, 5.74) is -0.997. The number of carbonyl (C=O) groups excluding carboxylic acids is 1. The molecule has 5 aliphatic rings. The van der Waals surface area contributed by atoms with Crippen molar-refractivity contribution in [3.8, 4) is 0 Å². The zero-order valence-corrected chi connectivity index (χ0v) is 20.6. The van der Waals surface area contributed by atoms with E-state index < -0.39 is 54.3 Å². The van der Waals surface area contributed by atoms with Gasteiger partial charge in [0.25, 0.3) is 0 Å². The van der Waals surface area contributed by atoms with Gasteiger partial charge >= 0.3 is 5.97 Å². The molecule has 3 unspecified atom stereocenters. The molecule has 4 aliphatic carbocycles. The third kappa shape index (κ3) is 3.57. The monoisotopic (exact) mass is 496 g/mol. The third-order valence-electron chi connectivity index (χ3n) is 10.5. The number of hydrogen-bond acceptors (Lipinski definition) is 9. The summed E-state index contributed by atoms with van der Waals surface area (Å²) in [4.78, 5) is 13.7. The number of aliphatic hydroxyl groups is 6. The summed E-state index contributed by atoms with van der Waals surface area (Å²) in [7, 11) is 0. The molecule has 1 heterocycles. The first-order valence-electron chi connectivity index (χ1n) is 13.0. The quantitative estimate of drug-likeness (QED) is 0.239. The minimum absolute atomic E-state index is 0.0163. The van der Waals surface area contributed by atoms with Gasteiger partial charge in [-0.1, -0.05) is 25.0 Å². The van der Waals surface area contributed by atoms with Crippen molar-refractivity contribution in [2.45, 2.75) is 102 Å². The Labute approximate surface area is 205 Å². The van der Waals surface area contributed by atoms with Gasteiger partial charge in [0, 0.05) is 0 Å². The molecule has 3 saturated carbocycles. The first kappa shape index (κ1) is 25.6. The lowest BCUT2D eigenvalue weighted by Crippen LogP contribution is -2.61. The molecule has 0 aromatic carbocycles. The van der Waals surface area contributed by atoms with Gasteiger partial charge in [-0.25, -0.2) is 0 Å². The molecule has 4 fully saturated rings. The van der Waals surface area contributed by atoms with E-state index in [0.717, 1.165) is 38.5 Å². The SMILES string of the molecule is C[C@@]1(C(=O)O[C@@H]2O[C@H](CO)[C@@H](O)[C@H](O)[C@H]2O)CCC[C@@]2(C)C3=CCC4CC3(CCC12)C[C@]4(O)CO. The Hall–Kier alpha value is -1.07. The molecule has 0 aromatic rings. The second-order valence-electron chi connectivity index (χ2n) is 12.4. The molecular weight excluding hydrogens is 456 g/mol. The van der Waals surface area contributed by atoms with Crippen LogP contribution in [0.2, 0.25) is 0 Å². The molecule has 6 N–H and O–H groups in total. The summed E-state index contributed by atoms with van der Waals surface area (Å²) in [6.07, 6.45) is 1.01. The van der Waals surface area contributed by atoms with Gasteiger partial charge in [0.2, 0.25) is 6.29 Å². The Balaban J connectivity index is 1.40. The smallest absolute Gasteiger partial charge is 0.314 e. The van der Waals surface area contributed by atoms with Crippen molar-refractivity contribution in [1.29, 1.82) is 0 Å². The van der Waals surface area contributed by atoms with E-state index in [0.29, 0.717) is 12.8 Å². The fourth-order valence-electron chi connectivity index (χ4n) is 8.70. The van der Waals surface area contributed by atoms with E-state index in [9.17, 15) is 35.4 Å². The van der Waals surface area contributed by atoms with Crippen molar-refractivity contribution >= 4 is 5.97 Å². The van der Waals surface area contributed by atoms with Crippen molar-refractivity contribution < 1.29 is 44.9 Å². The van der Waals surface area contributed by atoms with Gasteiger partial charge in [-0.15, -0.1) is 0 Å². The maximum Gasteiger partial charge on any atom is 0.314 e. The standard InChI is InChI=1S/C26H40O9/c1-23-7-3-8-24(2,22(32)35-21-20(31)19(30)18(29)15(11-27)34-21)16(23)6-9-25-10-14(4-5-17(23)25)26(33,12-25)13-28/h5,14-16,18-21,27-31,33H,3-4,6-13H2,1-2H3/t14?,15-,16?,18-,19+,20-,21+,23-,24-,25?,26+/m1/s1. The predicted octanol–water partition coefficient (Wildman–Crippen LogP) is 0.386. The van der Waals surface area contributed by atoms with Crippen LogP contribution in [0.3, 0.4) is 0 Å². The summed E-state index contributed by atoms with van der Waals surface area (Å²) in [6, 6.07) is 0. The van der Waals surface area contributed by atoms with Crippen LogP contribution < -0.4 is 0 Å². The molecule has 9 nitrogen and oxygen atoms in total. The zero-order valence-electron chi connectivity index (χ0n) is 20.6. The molecule has 0 amide bonds. The number of fused-ring (bicyclic) bond motifs is 3. The molecule has 1 saturated heterocycles. The Kier molecular flexibility index (Phi) is 6.19. The first-order valence-corrected chi connectivity index (χ1v) is 13.0. The van der Waals surface area contributed by atoms with Crippen molar-refractivity contribution in [2.24, 2.45) is 28.1 Å². The van der Waals surface area contributed by atoms with Gasteiger partial charge in [0.15, 0.2) is 0 Å². The summed E-state index contributed by atoms with van der Waals surface area (Å²) < 4.78 is 11.1. The molecule has 11 atom stereocenters. The van der Waals surface area contributed by atoms with Crippen LogP contribution >= 0.6 is 0 Å². The number of ether oxygens (including phenoxy) is 2. The van der Waals surface area contributed by atoms with E-state index in [4.69, 9.17) is 9.47 Å². The Morgan fingerprint density at radius 3 is 2.54 bits per heavy atom. The van der Waals surface area contributed by atoms with Gasteiger partial charge in [-0.05, 0) is 74.5 Å². The highest BCUT2D eigenvalue weighted by molar-refractivity contribution is 5.77. The lowest BCUT2D eigenvalue weighted by atomic mass is 9.44. The van der Waals surface area contributed by atoms with Crippen LogP contribution in [0.5, 0.6) is 0 Å². The minimum atomic E-state index is -1.63. The Morgan fingerprint density at radius 2 is 1.86 bits per heavy atom. The predicted molar refractivity (Wildman–Crippen MR) is 123 cm³/mol. The molecule has 9 heteroatoms. The fourth-order valence-corrected chi connectivity index (χ4v) is 8.70. The van der Waals surface area contributed by atoms with Gasteiger partial charge in [0.05, 0.1) is 24.2 Å². The lowest BCUT2D eigenvalue weighted by Gasteiger charge is -2.60. The Morgan fingerprint density at radius 1 is 1.11 bits per heavy atom. The van der Waals surface area contributed by atoms with E-state index in [1.165, 1.54) is 5.57 Å². The van der Waals surface area contributed by atoms with Crippen molar-refractivity contribution in [1.82, 2.24) is 0 Å². The molecule has 0 aromatic heterocycles. The van der Waals surface area contributed by atoms with Crippen molar-refractivity contribution in [3.63, 3.8) is 0 Å². The van der Waals surface area contributed by atoms with Crippen molar-refractivity contribution in [2.75, 3.05) is 13.2 Å². The average molecular weight is 497 g/mol. The lowest BCUT2D eigenvalue weighted by molar-refractivity contribution is -0.297. The minimum Gasteiger partial charge on any atom is -0.432 e. The number of allylic oxidation sites excluding steroid dienone is 2. The maximum atomic E-state index is 13.7. The molecule has 1 aliphatic heterocycles. The van der Waals surface area contributed by atoms with Gasteiger partial charge in [0.1, 0.15) is 24.4 Å². The average Bonchev–Trinajstić information content (AvgIpc) is 3.04. The number of carbonyl (C=O) groups is 1. The highest BCUT2D eigenvalue weighted by atomic mass is 16.7. The van der Waals surface area contributed by atoms with Crippen LogP contribution in [-0.4, -0.2) is 86.1 Å². The van der Waals surface area contributed by atoms with Crippen LogP contribution in [-0.2, 0) is 14.3 Å². The first-order chi connectivity index (χ1) is 16.4. The van der Waals surface area contributed by atoms with E-state index in [1.807, 2.05) is 6.92 Å². The van der Waals surface area contributed by atoms with E-state index in [2.05, 4.69) is 13.0 Å². The fraction of sp³-hybridized carbons (Fsp3) is 0.885. The van der Waals surface area contributed by atoms with Crippen LogP contribution in [0.4, 0.5) is 0 Å². The molecule has 35 heavy (non-hydrogen) atoms. The van der Waals surface area contributed by atoms with Gasteiger partial charge in [-0.3, -0.25) is 4.79 Å². The molecule has 1 spiro atoms. The zero-order chi connectivity index (χ0) is 25.4. The van der Waals surface area contributed by atoms with Crippen LogP contribution in [0.15, 0.2) is 11.6 Å². The van der Waals surface area contributed by atoms with Gasteiger partial charge < -0.3 is 40.1 Å². The highest BCUT2D eigenvalue weighted by Crippen LogP contribution is 2.71. The molecule has 5 rings (SSSR count). The van der Waals surface area contributed by atoms with E-state index in [-0.39, 0.29) is 29.3 Å². The molecule has 0 radical (unpaired) electrons. The largest absolute Gasteiger partial charge is 0.432 e. The summed E-state index contributed by atoms with van der Waals surface area (Å²) >= 11 is 0. The van der Waals surface area contributed by atoms with Crippen molar-refractivity contribution in [3.05, 3.63) is 11.6 Å². The van der Waals surface area contributed by atoms with Crippen LogP contribution in [0.25, 0.3) is 0 Å². The summed E-state index contributed by atoms with van der Waals surface area (Å²) in [6.45, 7) is 3.31. The second kappa shape index (κ2) is 8.48. The van der Waals surface area contributed by atoms with Gasteiger partial charge in [-0.2, -0.15) is 0 Å². The second-order valence-corrected chi connectivity index (χ2v) is 12.4. The molecule has 198 valence electrons. The number of hydrogen-bond donors (Lipinski definition) is 6. The molecule has 2 bridgehead atoms. The third-order valence-corrected chi connectivity index (χ3v) is 10.5. The topological polar surface area (TPSA) is 157 Å². The normalized spacial score (nSPS) is 53.4. The van der Waals surface area contributed by atoms with Crippen LogP contribution in [0.1, 0.15) is 65.2 Å². The summed E-state index contributed by atoms with van der Waals surface area (Å²) in [5.74, 6) is -0.471. The Bertz CT molecular complexity index is 890. The molecular formula is C26H40O9. The summed E-state index contributed by atoms with van der Waals surface area (Å²) in [5, 5.41) is 61.1. The highest BCUT2D eigenvalue weighted by Gasteiger charge is 2.66. The number of rotatable bonds is 4. The van der Waals surface area contributed by atoms with Crippen LogP contribution in [0, 0.1) is 28.1 Å². The van der Waals surface area contributed by atoms with E-state index >= 15 is 0 Å². The maximum absolute atomic E-state index is 13.7. The van der Waals surface area contributed by atoms with E-state index in [1.54, 1.807) is 0 Å². The number of aliphatic hydroxyl groups excluding tert-OH is 5.